The van der Waals surface area contributed by atoms with Crippen LogP contribution in [-0.2, 0) is 9.53 Å². The molecule has 0 spiro atoms. The van der Waals surface area contributed by atoms with Crippen molar-refractivity contribution in [2.75, 3.05) is 32.7 Å². The molecule has 0 bridgehead atoms. The molecule has 0 aliphatic carbocycles. The molecule has 1 fully saturated rings. The van der Waals surface area contributed by atoms with Crippen LogP contribution >= 0.6 is 0 Å². The molecule has 0 radical (unpaired) electrons. The second kappa shape index (κ2) is 6.37. The largest absolute Gasteiger partial charge is 0.444 e. The van der Waals surface area contributed by atoms with Crippen molar-refractivity contribution in [3.05, 3.63) is 0 Å². The fraction of sp³-hybridized carbons (Fsp3) is 0.857. The lowest BCUT2D eigenvalue weighted by atomic mass is 10.1. The smallest absolute Gasteiger partial charge is 0.410 e. The molecular formula is C14H26N2O3. The van der Waals surface area contributed by atoms with Crippen LogP contribution in [0.5, 0.6) is 0 Å². The molecule has 110 valence electrons. The summed E-state index contributed by atoms with van der Waals surface area (Å²) in [6, 6.07) is 0. The summed E-state index contributed by atoms with van der Waals surface area (Å²) < 4.78 is 5.33. The van der Waals surface area contributed by atoms with E-state index in [1.165, 1.54) is 0 Å². The van der Waals surface area contributed by atoms with Gasteiger partial charge in [-0.05, 0) is 20.8 Å². The normalized spacial score (nSPS) is 17.7. The fourth-order valence-corrected chi connectivity index (χ4v) is 1.82. The van der Waals surface area contributed by atoms with Crippen molar-refractivity contribution in [2.24, 2.45) is 5.92 Å². The van der Waals surface area contributed by atoms with Crippen molar-refractivity contribution in [3.8, 4) is 0 Å². The van der Waals surface area contributed by atoms with Gasteiger partial charge >= 0.3 is 6.09 Å². The highest BCUT2D eigenvalue weighted by atomic mass is 16.6. The summed E-state index contributed by atoms with van der Waals surface area (Å²) in [7, 11) is 0. The Bertz CT molecular complexity index is 326. The minimum absolute atomic E-state index is 0.0730. The number of rotatable bonds is 3. The first-order valence-electron chi connectivity index (χ1n) is 6.92. The van der Waals surface area contributed by atoms with E-state index in [2.05, 4.69) is 4.90 Å². The van der Waals surface area contributed by atoms with Crippen molar-refractivity contribution < 1.29 is 14.3 Å². The van der Waals surface area contributed by atoms with E-state index in [1.54, 1.807) is 4.90 Å². The van der Waals surface area contributed by atoms with E-state index < -0.39 is 5.60 Å². The summed E-state index contributed by atoms with van der Waals surface area (Å²) >= 11 is 0. The predicted molar refractivity (Wildman–Crippen MR) is 74.1 cm³/mol. The molecule has 0 aromatic rings. The number of carbonyl (C=O) groups excluding carboxylic acids is 2. The SMILES string of the molecule is CC(C)C(=O)CN1CCN(C(=O)OC(C)(C)C)CC1. The second-order valence-electron chi connectivity index (χ2n) is 6.36. The molecule has 1 aliphatic rings. The number of hydrogen-bond donors (Lipinski definition) is 0. The number of carbonyl (C=O) groups is 2. The number of piperazine rings is 1. The van der Waals surface area contributed by atoms with Crippen molar-refractivity contribution in [1.29, 1.82) is 0 Å². The molecule has 5 heteroatoms. The van der Waals surface area contributed by atoms with Crippen LogP contribution in [0.3, 0.4) is 0 Å². The summed E-state index contributed by atoms with van der Waals surface area (Å²) in [5.41, 5.74) is -0.457. The summed E-state index contributed by atoms with van der Waals surface area (Å²) in [5, 5.41) is 0. The number of hydrogen-bond acceptors (Lipinski definition) is 4. The van der Waals surface area contributed by atoms with Crippen LogP contribution in [0.4, 0.5) is 4.79 Å². The fourth-order valence-electron chi connectivity index (χ4n) is 1.82. The zero-order valence-corrected chi connectivity index (χ0v) is 12.7. The maximum Gasteiger partial charge on any atom is 0.410 e. The second-order valence-corrected chi connectivity index (χ2v) is 6.36. The molecule has 1 heterocycles. The molecule has 5 nitrogen and oxygen atoms in total. The monoisotopic (exact) mass is 270 g/mol. The average Bonchev–Trinajstić information content (AvgIpc) is 2.27. The Morgan fingerprint density at radius 2 is 1.63 bits per heavy atom. The first kappa shape index (κ1) is 16.0. The molecule has 0 atom stereocenters. The third-order valence-electron chi connectivity index (χ3n) is 3.05. The van der Waals surface area contributed by atoms with E-state index in [4.69, 9.17) is 4.74 Å². The molecule has 0 saturated carbocycles. The highest BCUT2D eigenvalue weighted by Gasteiger charge is 2.26. The van der Waals surface area contributed by atoms with Gasteiger partial charge in [0, 0.05) is 32.1 Å². The minimum Gasteiger partial charge on any atom is -0.444 e. The number of ketones is 1. The Morgan fingerprint density at radius 1 is 1.11 bits per heavy atom. The molecule has 1 amide bonds. The maximum atomic E-state index is 11.9. The van der Waals surface area contributed by atoms with Gasteiger partial charge in [-0.1, -0.05) is 13.8 Å². The van der Waals surface area contributed by atoms with Gasteiger partial charge in [-0.25, -0.2) is 4.79 Å². The van der Waals surface area contributed by atoms with Crippen molar-refractivity contribution >= 4 is 11.9 Å². The Hall–Kier alpha value is -1.10. The molecule has 0 aromatic heterocycles. The van der Waals surface area contributed by atoms with Gasteiger partial charge in [-0.2, -0.15) is 0 Å². The highest BCUT2D eigenvalue weighted by Crippen LogP contribution is 2.12. The van der Waals surface area contributed by atoms with Crippen LogP contribution in [0.15, 0.2) is 0 Å². The molecular weight excluding hydrogens is 244 g/mol. The minimum atomic E-state index is -0.457. The number of amides is 1. The third-order valence-corrected chi connectivity index (χ3v) is 3.05. The van der Waals surface area contributed by atoms with Gasteiger partial charge in [0.25, 0.3) is 0 Å². The lowest BCUT2D eigenvalue weighted by Crippen LogP contribution is -2.51. The van der Waals surface area contributed by atoms with Crippen molar-refractivity contribution in [1.82, 2.24) is 9.80 Å². The van der Waals surface area contributed by atoms with E-state index in [1.807, 2.05) is 34.6 Å². The lowest BCUT2D eigenvalue weighted by molar-refractivity contribution is -0.123. The number of nitrogens with zero attached hydrogens (tertiary/aromatic N) is 2. The van der Waals surface area contributed by atoms with Crippen LogP contribution in [0.1, 0.15) is 34.6 Å². The lowest BCUT2D eigenvalue weighted by Gasteiger charge is -2.35. The summed E-state index contributed by atoms with van der Waals surface area (Å²) in [6.45, 7) is 12.6. The van der Waals surface area contributed by atoms with Crippen molar-refractivity contribution in [2.45, 2.75) is 40.2 Å². The van der Waals surface area contributed by atoms with E-state index in [0.717, 1.165) is 13.1 Å². The molecule has 0 aromatic carbocycles. The number of ether oxygens (including phenoxy) is 1. The zero-order valence-electron chi connectivity index (χ0n) is 12.7. The molecule has 19 heavy (non-hydrogen) atoms. The Balaban J connectivity index is 2.37. The molecule has 1 rings (SSSR count). The zero-order chi connectivity index (χ0) is 14.6. The van der Waals surface area contributed by atoms with E-state index in [-0.39, 0.29) is 17.8 Å². The van der Waals surface area contributed by atoms with Gasteiger partial charge < -0.3 is 9.64 Å². The Morgan fingerprint density at radius 3 is 2.05 bits per heavy atom. The van der Waals surface area contributed by atoms with Gasteiger partial charge in [-0.3, -0.25) is 9.69 Å². The van der Waals surface area contributed by atoms with Gasteiger partial charge in [0.15, 0.2) is 0 Å². The van der Waals surface area contributed by atoms with E-state index >= 15 is 0 Å². The van der Waals surface area contributed by atoms with E-state index in [0.29, 0.717) is 19.6 Å². The first-order chi connectivity index (χ1) is 8.69. The predicted octanol–water partition coefficient (Wildman–Crippen LogP) is 1.76. The van der Waals surface area contributed by atoms with Crippen LogP contribution in [0.25, 0.3) is 0 Å². The maximum absolute atomic E-state index is 11.9. The van der Waals surface area contributed by atoms with Crippen molar-refractivity contribution in [3.63, 3.8) is 0 Å². The van der Waals surface area contributed by atoms with Gasteiger partial charge in [0.1, 0.15) is 11.4 Å². The van der Waals surface area contributed by atoms with Gasteiger partial charge in [0.2, 0.25) is 0 Å². The topological polar surface area (TPSA) is 49.9 Å². The first-order valence-corrected chi connectivity index (χ1v) is 6.92. The molecule has 1 aliphatic heterocycles. The Kier molecular flexibility index (Phi) is 5.35. The molecule has 0 unspecified atom stereocenters. The van der Waals surface area contributed by atoms with Crippen LogP contribution in [0, 0.1) is 5.92 Å². The Labute approximate surface area is 115 Å². The highest BCUT2D eigenvalue weighted by molar-refractivity contribution is 5.82. The quantitative estimate of drug-likeness (QED) is 0.784. The van der Waals surface area contributed by atoms with Crippen LogP contribution < -0.4 is 0 Å². The van der Waals surface area contributed by atoms with Crippen LogP contribution in [0.2, 0.25) is 0 Å². The summed E-state index contributed by atoms with van der Waals surface area (Å²) in [6.07, 6.45) is -0.262. The summed E-state index contributed by atoms with van der Waals surface area (Å²) in [5.74, 6) is 0.328. The standard InChI is InChI=1S/C14H26N2O3/c1-11(2)12(17)10-15-6-8-16(9-7-15)13(18)19-14(3,4)5/h11H,6-10H2,1-5H3. The molecule has 1 saturated heterocycles. The number of Topliss-reactive ketones (excluding diaryl/α,β-unsaturated/α-hetero) is 1. The average molecular weight is 270 g/mol. The van der Waals surface area contributed by atoms with Gasteiger partial charge in [0.05, 0.1) is 6.54 Å². The van der Waals surface area contributed by atoms with Gasteiger partial charge in [-0.15, -0.1) is 0 Å². The summed E-state index contributed by atoms with van der Waals surface area (Å²) in [4.78, 5) is 27.3. The molecule has 0 N–H and O–H groups in total. The van der Waals surface area contributed by atoms with Crippen LogP contribution in [-0.4, -0.2) is 60.0 Å². The third kappa shape index (κ3) is 5.59. The van der Waals surface area contributed by atoms with E-state index in [9.17, 15) is 9.59 Å².